The Morgan fingerprint density at radius 2 is 1.61 bits per heavy atom. The Morgan fingerprint density at radius 1 is 0.968 bits per heavy atom. The number of rotatable bonds is 9. The molecule has 8 heteroatoms. The highest BCUT2D eigenvalue weighted by atomic mass is 35.5. The number of carbonyl (C=O) groups is 1. The Labute approximate surface area is 187 Å². The molecule has 0 aliphatic rings. The lowest BCUT2D eigenvalue weighted by Crippen LogP contribution is -2.40. The summed E-state index contributed by atoms with van der Waals surface area (Å²) in [6.45, 7) is 2.33. The van der Waals surface area contributed by atoms with Crippen molar-refractivity contribution in [1.82, 2.24) is 5.32 Å². The second kappa shape index (κ2) is 10.3. The van der Waals surface area contributed by atoms with Crippen molar-refractivity contribution in [2.24, 2.45) is 0 Å². The summed E-state index contributed by atoms with van der Waals surface area (Å²) in [5, 5.41) is 3.00. The van der Waals surface area contributed by atoms with Crippen molar-refractivity contribution >= 4 is 33.2 Å². The third-order valence-electron chi connectivity index (χ3n) is 4.46. The second-order valence-corrected chi connectivity index (χ2v) is 8.90. The van der Waals surface area contributed by atoms with Gasteiger partial charge in [-0.25, -0.2) is 8.42 Å². The van der Waals surface area contributed by atoms with Gasteiger partial charge in [0.25, 0.3) is 10.0 Å². The molecule has 0 aliphatic heterocycles. The molecular formula is C23H23ClN2O4S. The maximum absolute atomic E-state index is 13.3. The lowest BCUT2D eigenvalue weighted by molar-refractivity contribution is -0.119. The van der Waals surface area contributed by atoms with Crippen LogP contribution in [0.3, 0.4) is 0 Å². The molecule has 3 aromatic rings. The summed E-state index contributed by atoms with van der Waals surface area (Å²) < 4.78 is 33.0. The number of hydrogen-bond acceptors (Lipinski definition) is 4. The first kappa shape index (κ1) is 22.7. The van der Waals surface area contributed by atoms with Crippen LogP contribution >= 0.6 is 11.6 Å². The number of benzene rings is 3. The summed E-state index contributed by atoms with van der Waals surface area (Å²) >= 11 is 6.26. The van der Waals surface area contributed by atoms with E-state index in [1.54, 1.807) is 42.5 Å². The van der Waals surface area contributed by atoms with Crippen molar-refractivity contribution in [3.63, 3.8) is 0 Å². The zero-order valence-corrected chi connectivity index (χ0v) is 18.6. The summed E-state index contributed by atoms with van der Waals surface area (Å²) in [5.41, 5.74) is 1.11. The van der Waals surface area contributed by atoms with Crippen LogP contribution in [-0.2, 0) is 21.4 Å². The van der Waals surface area contributed by atoms with E-state index in [0.29, 0.717) is 6.61 Å². The van der Waals surface area contributed by atoms with Crippen LogP contribution in [0, 0.1) is 0 Å². The number of anilines is 1. The molecule has 0 atom stereocenters. The minimum atomic E-state index is -4.00. The van der Waals surface area contributed by atoms with Crippen molar-refractivity contribution in [3.8, 4) is 5.75 Å². The number of para-hydroxylation sites is 1. The first-order chi connectivity index (χ1) is 14.9. The lowest BCUT2D eigenvalue weighted by atomic mass is 10.2. The van der Waals surface area contributed by atoms with E-state index in [1.807, 2.05) is 31.2 Å². The van der Waals surface area contributed by atoms with Crippen LogP contribution < -0.4 is 14.4 Å². The summed E-state index contributed by atoms with van der Waals surface area (Å²) in [6, 6.07) is 21.8. The van der Waals surface area contributed by atoms with Crippen molar-refractivity contribution in [2.45, 2.75) is 18.4 Å². The van der Waals surface area contributed by atoms with E-state index in [-0.39, 0.29) is 22.2 Å². The van der Waals surface area contributed by atoms with Crippen LogP contribution in [0.15, 0.2) is 83.8 Å². The van der Waals surface area contributed by atoms with E-state index in [0.717, 1.165) is 15.6 Å². The number of nitrogens with one attached hydrogen (secondary N) is 1. The summed E-state index contributed by atoms with van der Waals surface area (Å²) in [6.07, 6.45) is 0. The van der Waals surface area contributed by atoms with E-state index in [2.05, 4.69) is 5.32 Å². The van der Waals surface area contributed by atoms with Crippen LogP contribution in [0.1, 0.15) is 12.5 Å². The first-order valence-corrected chi connectivity index (χ1v) is 11.5. The van der Waals surface area contributed by atoms with E-state index in [4.69, 9.17) is 16.3 Å². The van der Waals surface area contributed by atoms with Gasteiger partial charge in [0.2, 0.25) is 5.91 Å². The maximum Gasteiger partial charge on any atom is 0.264 e. The second-order valence-electron chi connectivity index (χ2n) is 6.63. The minimum absolute atomic E-state index is 0.0780. The smallest absolute Gasteiger partial charge is 0.264 e. The largest absolute Gasteiger partial charge is 0.494 e. The van der Waals surface area contributed by atoms with Gasteiger partial charge in [-0.05, 0) is 48.9 Å². The summed E-state index contributed by atoms with van der Waals surface area (Å²) in [7, 11) is -4.00. The number of nitrogens with zero attached hydrogens (tertiary/aromatic N) is 1. The predicted molar refractivity (Wildman–Crippen MR) is 122 cm³/mol. The minimum Gasteiger partial charge on any atom is -0.494 e. The van der Waals surface area contributed by atoms with Crippen molar-refractivity contribution in [1.29, 1.82) is 0 Å². The average Bonchev–Trinajstić information content (AvgIpc) is 2.78. The number of hydrogen-bond donors (Lipinski definition) is 1. The molecule has 0 spiro atoms. The molecule has 0 saturated heterocycles. The molecule has 1 amide bonds. The molecule has 0 unspecified atom stereocenters. The SMILES string of the molecule is CCOc1ccc(CNC(=O)CN(c2ccccc2Cl)S(=O)(=O)c2ccccc2)cc1. The molecule has 6 nitrogen and oxygen atoms in total. The Morgan fingerprint density at radius 3 is 2.26 bits per heavy atom. The van der Waals surface area contributed by atoms with E-state index in [1.165, 1.54) is 12.1 Å². The third kappa shape index (κ3) is 5.77. The molecule has 0 heterocycles. The molecule has 0 bridgehead atoms. The van der Waals surface area contributed by atoms with Crippen LogP contribution in [0.2, 0.25) is 5.02 Å². The Bertz CT molecular complexity index is 1120. The fraction of sp³-hybridized carbons (Fsp3) is 0.174. The van der Waals surface area contributed by atoms with Crippen LogP contribution in [0.4, 0.5) is 5.69 Å². The van der Waals surface area contributed by atoms with Gasteiger partial charge >= 0.3 is 0 Å². The van der Waals surface area contributed by atoms with Gasteiger partial charge in [-0.15, -0.1) is 0 Å². The van der Waals surface area contributed by atoms with Gasteiger partial charge in [-0.1, -0.05) is 54.1 Å². The standard InChI is InChI=1S/C23H23ClN2O4S/c1-2-30-19-14-12-18(13-15-19)16-25-23(27)17-26(22-11-7-6-10-21(22)24)31(28,29)20-8-4-3-5-9-20/h3-15H,2,16-17H2,1H3,(H,25,27). The molecule has 162 valence electrons. The highest BCUT2D eigenvalue weighted by Gasteiger charge is 2.28. The third-order valence-corrected chi connectivity index (χ3v) is 6.56. The fourth-order valence-electron chi connectivity index (χ4n) is 2.93. The van der Waals surface area contributed by atoms with Crippen molar-refractivity contribution in [3.05, 3.63) is 89.4 Å². The van der Waals surface area contributed by atoms with Crippen molar-refractivity contribution < 1.29 is 17.9 Å². The van der Waals surface area contributed by atoms with Gasteiger partial charge in [0.05, 0.1) is 22.2 Å². The molecule has 1 N–H and O–H groups in total. The zero-order valence-electron chi connectivity index (χ0n) is 17.0. The molecule has 3 rings (SSSR count). The Balaban J connectivity index is 1.79. The Kier molecular flexibility index (Phi) is 7.55. The Hall–Kier alpha value is -3.03. The highest BCUT2D eigenvalue weighted by Crippen LogP contribution is 2.30. The lowest BCUT2D eigenvalue weighted by Gasteiger charge is -2.25. The fourth-order valence-corrected chi connectivity index (χ4v) is 4.68. The van der Waals surface area contributed by atoms with Crippen LogP contribution in [0.5, 0.6) is 5.75 Å². The number of amides is 1. The van der Waals surface area contributed by atoms with Crippen molar-refractivity contribution in [2.75, 3.05) is 17.5 Å². The molecule has 0 fully saturated rings. The van der Waals surface area contributed by atoms with Crippen LogP contribution in [-0.4, -0.2) is 27.5 Å². The topological polar surface area (TPSA) is 75.7 Å². The van der Waals surface area contributed by atoms with Gasteiger partial charge < -0.3 is 10.1 Å². The normalized spacial score (nSPS) is 11.0. The maximum atomic E-state index is 13.3. The van der Waals surface area contributed by atoms with E-state index >= 15 is 0 Å². The summed E-state index contributed by atoms with van der Waals surface area (Å²) in [5.74, 6) is 0.296. The molecular weight excluding hydrogens is 436 g/mol. The van der Waals surface area contributed by atoms with E-state index in [9.17, 15) is 13.2 Å². The van der Waals surface area contributed by atoms with Gasteiger partial charge in [-0.3, -0.25) is 9.10 Å². The predicted octanol–water partition coefficient (Wildman–Crippen LogP) is 4.25. The number of sulfonamides is 1. The zero-order chi connectivity index (χ0) is 22.3. The van der Waals surface area contributed by atoms with Gasteiger partial charge in [0.15, 0.2) is 0 Å². The van der Waals surface area contributed by atoms with Gasteiger partial charge in [0, 0.05) is 6.54 Å². The number of carbonyl (C=O) groups excluding carboxylic acids is 1. The molecule has 3 aromatic carbocycles. The molecule has 31 heavy (non-hydrogen) atoms. The van der Waals surface area contributed by atoms with Gasteiger partial charge in [-0.2, -0.15) is 0 Å². The van der Waals surface area contributed by atoms with E-state index < -0.39 is 22.5 Å². The van der Waals surface area contributed by atoms with Crippen LogP contribution in [0.25, 0.3) is 0 Å². The first-order valence-electron chi connectivity index (χ1n) is 9.72. The number of ether oxygens (including phenoxy) is 1. The molecule has 0 aliphatic carbocycles. The summed E-state index contributed by atoms with van der Waals surface area (Å²) in [4.78, 5) is 12.8. The highest BCUT2D eigenvalue weighted by molar-refractivity contribution is 7.92. The molecule has 0 saturated carbocycles. The van der Waals surface area contributed by atoms with Gasteiger partial charge in [0.1, 0.15) is 12.3 Å². The molecule has 0 aromatic heterocycles. The average molecular weight is 459 g/mol. The number of halogens is 1. The molecule has 0 radical (unpaired) electrons. The monoisotopic (exact) mass is 458 g/mol. The quantitative estimate of drug-likeness (QED) is 0.520.